The molecule has 94 valence electrons. The third kappa shape index (κ3) is 2.48. The van der Waals surface area contributed by atoms with E-state index in [1.54, 1.807) is 0 Å². The maximum atomic E-state index is 6.00. The SMILES string of the molecule is CC(C)c1ccc(N(C)c2ccccc2N)cc1. The summed E-state index contributed by atoms with van der Waals surface area (Å²) in [6, 6.07) is 16.5. The first-order valence-electron chi connectivity index (χ1n) is 6.28. The second kappa shape index (κ2) is 5.13. The topological polar surface area (TPSA) is 29.3 Å². The van der Waals surface area contributed by atoms with E-state index in [2.05, 4.69) is 43.0 Å². The van der Waals surface area contributed by atoms with Crippen molar-refractivity contribution in [3.8, 4) is 0 Å². The molecule has 2 aromatic rings. The van der Waals surface area contributed by atoms with Crippen molar-refractivity contribution < 1.29 is 0 Å². The molecule has 0 aliphatic rings. The fourth-order valence-electron chi connectivity index (χ4n) is 2.01. The van der Waals surface area contributed by atoms with Crippen molar-refractivity contribution in [2.75, 3.05) is 17.7 Å². The van der Waals surface area contributed by atoms with Crippen molar-refractivity contribution in [1.82, 2.24) is 0 Å². The van der Waals surface area contributed by atoms with E-state index in [0.717, 1.165) is 17.1 Å². The van der Waals surface area contributed by atoms with Crippen LogP contribution in [-0.4, -0.2) is 7.05 Å². The van der Waals surface area contributed by atoms with Crippen molar-refractivity contribution in [3.05, 3.63) is 54.1 Å². The van der Waals surface area contributed by atoms with Crippen molar-refractivity contribution in [2.24, 2.45) is 0 Å². The van der Waals surface area contributed by atoms with E-state index in [4.69, 9.17) is 5.73 Å². The van der Waals surface area contributed by atoms with Crippen LogP contribution in [0.3, 0.4) is 0 Å². The smallest absolute Gasteiger partial charge is 0.0641 e. The van der Waals surface area contributed by atoms with E-state index in [1.165, 1.54) is 5.56 Å². The molecule has 0 aliphatic carbocycles. The van der Waals surface area contributed by atoms with Gasteiger partial charge >= 0.3 is 0 Å². The van der Waals surface area contributed by atoms with Crippen molar-refractivity contribution in [1.29, 1.82) is 0 Å². The summed E-state index contributed by atoms with van der Waals surface area (Å²) in [5.41, 5.74) is 10.3. The molecule has 0 heterocycles. The van der Waals surface area contributed by atoms with Crippen LogP contribution in [0.2, 0.25) is 0 Å². The lowest BCUT2D eigenvalue weighted by molar-refractivity contribution is 0.866. The number of nitrogen functional groups attached to an aromatic ring is 1. The maximum Gasteiger partial charge on any atom is 0.0641 e. The van der Waals surface area contributed by atoms with Gasteiger partial charge in [0.2, 0.25) is 0 Å². The third-order valence-electron chi connectivity index (χ3n) is 3.25. The first-order valence-corrected chi connectivity index (χ1v) is 6.28. The second-order valence-electron chi connectivity index (χ2n) is 4.86. The molecule has 2 rings (SSSR count). The number of hydrogen-bond donors (Lipinski definition) is 1. The Morgan fingerprint density at radius 1 is 0.944 bits per heavy atom. The number of rotatable bonds is 3. The Labute approximate surface area is 109 Å². The van der Waals surface area contributed by atoms with Crippen LogP contribution in [0.15, 0.2) is 48.5 Å². The first kappa shape index (κ1) is 12.5. The fourth-order valence-corrected chi connectivity index (χ4v) is 2.01. The highest BCUT2D eigenvalue weighted by Gasteiger charge is 2.07. The second-order valence-corrected chi connectivity index (χ2v) is 4.86. The molecule has 2 nitrogen and oxygen atoms in total. The van der Waals surface area contributed by atoms with Crippen LogP contribution in [0.5, 0.6) is 0 Å². The average Bonchev–Trinajstić information content (AvgIpc) is 2.38. The molecule has 2 N–H and O–H groups in total. The molecule has 0 bridgehead atoms. The molecule has 0 aliphatic heterocycles. The van der Waals surface area contributed by atoms with E-state index in [1.807, 2.05) is 31.3 Å². The van der Waals surface area contributed by atoms with Gasteiger partial charge in [0.1, 0.15) is 0 Å². The number of para-hydroxylation sites is 2. The van der Waals surface area contributed by atoms with Gasteiger partial charge in [-0.2, -0.15) is 0 Å². The van der Waals surface area contributed by atoms with Gasteiger partial charge in [-0.25, -0.2) is 0 Å². The molecule has 0 aromatic heterocycles. The molecule has 0 saturated carbocycles. The van der Waals surface area contributed by atoms with Crippen LogP contribution in [0.4, 0.5) is 17.1 Å². The van der Waals surface area contributed by atoms with Gasteiger partial charge in [-0.15, -0.1) is 0 Å². The predicted molar refractivity (Wildman–Crippen MR) is 79.4 cm³/mol. The number of anilines is 3. The zero-order chi connectivity index (χ0) is 13.1. The highest BCUT2D eigenvalue weighted by molar-refractivity contribution is 5.74. The zero-order valence-electron chi connectivity index (χ0n) is 11.2. The molecular weight excluding hydrogens is 220 g/mol. The third-order valence-corrected chi connectivity index (χ3v) is 3.25. The molecule has 0 atom stereocenters. The van der Waals surface area contributed by atoms with Crippen LogP contribution >= 0.6 is 0 Å². The molecule has 0 saturated heterocycles. The molecule has 0 amide bonds. The maximum absolute atomic E-state index is 6.00. The van der Waals surface area contributed by atoms with E-state index in [0.29, 0.717) is 5.92 Å². The summed E-state index contributed by atoms with van der Waals surface area (Å²) in [6.07, 6.45) is 0. The number of nitrogens with two attached hydrogens (primary N) is 1. The minimum atomic E-state index is 0.561. The Balaban J connectivity index is 2.29. The Morgan fingerprint density at radius 2 is 1.56 bits per heavy atom. The standard InChI is InChI=1S/C16H20N2/c1-12(2)13-8-10-14(11-9-13)18(3)16-7-5-4-6-15(16)17/h4-12H,17H2,1-3H3. The molecule has 0 unspecified atom stereocenters. The predicted octanol–water partition coefficient (Wildman–Crippen LogP) is 4.16. The summed E-state index contributed by atoms with van der Waals surface area (Å²) in [5, 5.41) is 0. The summed E-state index contributed by atoms with van der Waals surface area (Å²) in [7, 11) is 2.04. The Morgan fingerprint density at radius 3 is 2.11 bits per heavy atom. The Hall–Kier alpha value is -1.96. The van der Waals surface area contributed by atoms with Gasteiger partial charge < -0.3 is 10.6 Å². The van der Waals surface area contributed by atoms with Gasteiger partial charge in [0.25, 0.3) is 0 Å². The van der Waals surface area contributed by atoms with Crippen LogP contribution < -0.4 is 10.6 Å². The molecule has 0 fully saturated rings. The van der Waals surface area contributed by atoms with Gasteiger partial charge in [-0.3, -0.25) is 0 Å². The molecule has 2 aromatic carbocycles. The van der Waals surface area contributed by atoms with E-state index in [-0.39, 0.29) is 0 Å². The lowest BCUT2D eigenvalue weighted by Crippen LogP contribution is -2.11. The van der Waals surface area contributed by atoms with E-state index >= 15 is 0 Å². The number of hydrogen-bond acceptors (Lipinski definition) is 2. The van der Waals surface area contributed by atoms with Crippen molar-refractivity contribution >= 4 is 17.1 Å². The van der Waals surface area contributed by atoms with Crippen molar-refractivity contribution in [2.45, 2.75) is 19.8 Å². The molecular formula is C16H20N2. The fraction of sp³-hybridized carbons (Fsp3) is 0.250. The summed E-state index contributed by atoms with van der Waals surface area (Å²) in [6.45, 7) is 4.40. The first-order chi connectivity index (χ1) is 8.59. The van der Waals surface area contributed by atoms with Gasteiger partial charge in [-0.1, -0.05) is 38.1 Å². The lowest BCUT2D eigenvalue weighted by Gasteiger charge is -2.21. The Kier molecular flexibility index (Phi) is 3.56. The Bertz CT molecular complexity index is 515. The monoisotopic (exact) mass is 240 g/mol. The van der Waals surface area contributed by atoms with E-state index < -0.39 is 0 Å². The highest BCUT2D eigenvalue weighted by atomic mass is 15.1. The largest absolute Gasteiger partial charge is 0.397 e. The summed E-state index contributed by atoms with van der Waals surface area (Å²) in [4.78, 5) is 2.11. The number of nitrogens with zero attached hydrogens (tertiary/aromatic N) is 1. The summed E-state index contributed by atoms with van der Waals surface area (Å²) < 4.78 is 0. The quantitative estimate of drug-likeness (QED) is 0.816. The molecule has 18 heavy (non-hydrogen) atoms. The van der Waals surface area contributed by atoms with Gasteiger partial charge in [0, 0.05) is 12.7 Å². The van der Waals surface area contributed by atoms with Gasteiger partial charge in [0.05, 0.1) is 11.4 Å². The minimum absolute atomic E-state index is 0.561. The zero-order valence-corrected chi connectivity index (χ0v) is 11.2. The minimum Gasteiger partial charge on any atom is -0.397 e. The summed E-state index contributed by atoms with van der Waals surface area (Å²) >= 11 is 0. The molecule has 0 spiro atoms. The molecule has 0 radical (unpaired) electrons. The lowest BCUT2D eigenvalue weighted by atomic mass is 10.0. The van der Waals surface area contributed by atoms with Gasteiger partial charge in [-0.05, 0) is 35.7 Å². The summed E-state index contributed by atoms with van der Waals surface area (Å²) in [5.74, 6) is 0.561. The van der Waals surface area contributed by atoms with Crippen LogP contribution in [-0.2, 0) is 0 Å². The van der Waals surface area contributed by atoms with Crippen LogP contribution in [0.25, 0.3) is 0 Å². The average molecular weight is 240 g/mol. The normalized spacial score (nSPS) is 10.7. The molecule has 2 heteroatoms. The number of benzene rings is 2. The van der Waals surface area contributed by atoms with Crippen molar-refractivity contribution in [3.63, 3.8) is 0 Å². The van der Waals surface area contributed by atoms with Gasteiger partial charge in [0.15, 0.2) is 0 Å². The van der Waals surface area contributed by atoms with E-state index in [9.17, 15) is 0 Å². The van der Waals surface area contributed by atoms with Crippen LogP contribution in [0, 0.1) is 0 Å². The van der Waals surface area contributed by atoms with Crippen LogP contribution in [0.1, 0.15) is 25.3 Å². The highest BCUT2D eigenvalue weighted by Crippen LogP contribution is 2.29.